The molecular weight excluding hydrogens is 226 g/mol. The fourth-order valence-corrected chi connectivity index (χ4v) is 1.83. The highest BCUT2D eigenvalue weighted by Crippen LogP contribution is 2.16. The van der Waals surface area contributed by atoms with Crippen LogP contribution in [0.3, 0.4) is 0 Å². The lowest BCUT2D eigenvalue weighted by molar-refractivity contribution is -0.136. The van der Waals surface area contributed by atoms with E-state index >= 15 is 0 Å². The monoisotopic (exact) mass is 239 g/mol. The van der Waals surface area contributed by atoms with Crippen LogP contribution in [-0.4, -0.2) is 23.5 Å². The van der Waals surface area contributed by atoms with E-state index in [1.807, 2.05) is 19.1 Å². The molecule has 1 aromatic heterocycles. The minimum absolute atomic E-state index is 0.0578. The quantitative estimate of drug-likeness (QED) is 0.768. The van der Waals surface area contributed by atoms with Crippen LogP contribution in [0.1, 0.15) is 16.2 Å². The molecule has 2 N–H and O–H groups in total. The van der Waals surface area contributed by atoms with Crippen molar-refractivity contribution in [2.75, 3.05) is 6.54 Å². The molecule has 1 rings (SSSR count). The standard InChI is InChI=1S/C11H13NO3S/c1-8-2-3-9(16-8)4-5-10(13)12-7-6-11(14)15/h2-5H,6-7H2,1H3,(H,12,13)(H,14,15)/b5-4+. The Bertz CT molecular complexity index is 409. The molecule has 0 radical (unpaired) electrons. The van der Waals surface area contributed by atoms with Crippen LogP contribution >= 0.6 is 11.3 Å². The number of carboxylic acid groups (broad SMARTS) is 1. The smallest absolute Gasteiger partial charge is 0.305 e. The molecule has 1 aromatic rings. The highest BCUT2D eigenvalue weighted by Gasteiger charge is 1.99. The van der Waals surface area contributed by atoms with E-state index < -0.39 is 5.97 Å². The number of carbonyl (C=O) groups excluding carboxylic acids is 1. The number of amides is 1. The molecule has 86 valence electrons. The topological polar surface area (TPSA) is 66.4 Å². The number of carbonyl (C=O) groups is 2. The first-order chi connectivity index (χ1) is 7.58. The highest BCUT2D eigenvalue weighted by atomic mass is 32.1. The van der Waals surface area contributed by atoms with Gasteiger partial charge < -0.3 is 10.4 Å². The molecule has 0 aliphatic carbocycles. The molecule has 0 bridgehead atoms. The molecule has 0 saturated heterocycles. The Labute approximate surface area is 97.6 Å². The van der Waals surface area contributed by atoms with E-state index in [0.29, 0.717) is 0 Å². The third kappa shape index (κ3) is 4.75. The second-order valence-corrected chi connectivity index (χ2v) is 4.54. The van der Waals surface area contributed by atoms with E-state index in [2.05, 4.69) is 5.32 Å². The minimum Gasteiger partial charge on any atom is -0.481 e. The number of nitrogens with one attached hydrogen (secondary N) is 1. The lowest BCUT2D eigenvalue weighted by Crippen LogP contribution is -2.23. The summed E-state index contributed by atoms with van der Waals surface area (Å²) in [5.74, 6) is -1.19. The van der Waals surface area contributed by atoms with Crippen molar-refractivity contribution >= 4 is 29.3 Å². The predicted octanol–water partition coefficient (Wildman–Crippen LogP) is 1.66. The molecule has 0 spiro atoms. The van der Waals surface area contributed by atoms with Crippen molar-refractivity contribution in [2.45, 2.75) is 13.3 Å². The lowest BCUT2D eigenvalue weighted by Gasteiger charge is -1.97. The maximum Gasteiger partial charge on any atom is 0.305 e. The van der Waals surface area contributed by atoms with Gasteiger partial charge in [0.15, 0.2) is 0 Å². The summed E-state index contributed by atoms with van der Waals surface area (Å²) in [4.78, 5) is 23.6. The van der Waals surface area contributed by atoms with Gasteiger partial charge in [-0.15, -0.1) is 11.3 Å². The summed E-state index contributed by atoms with van der Waals surface area (Å²) in [6, 6.07) is 3.91. The van der Waals surface area contributed by atoms with Crippen molar-refractivity contribution in [1.29, 1.82) is 0 Å². The highest BCUT2D eigenvalue weighted by molar-refractivity contribution is 7.12. The van der Waals surface area contributed by atoms with E-state index in [4.69, 9.17) is 5.11 Å². The van der Waals surface area contributed by atoms with Crippen LogP contribution in [0.4, 0.5) is 0 Å². The number of aliphatic carboxylic acids is 1. The van der Waals surface area contributed by atoms with Gasteiger partial charge >= 0.3 is 5.97 Å². The largest absolute Gasteiger partial charge is 0.481 e. The van der Waals surface area contributed by atoms with Crippen molar-refractivity contribution in [3.8, 4) is 0 Å². The van der Waals surface area contributed by atoms with Gasteiger partial charge in [-0.1, -0.05) is 0 Å². The van der Waals surface area contributed by atoms with Crippen LogP contribution in [0.5, 0.6) is 0 Å². The number of rotatable bonds is 5. The Morgan fingerprint density at radius 1 is 1.50 bits per heavy atom. The van der Waals surface area contributed by atoms with Crippen LogP contribution in [0.25, 0.3) is 6.08 Å². The van der Waals surface area contributed by atoms with E-state index in [0.717, 1.165) is 4.88 Å². The number of thiophene rings is 1. The number of hydrogen-bond acceptors (Lipinski definition) is 3. The molecule has 1 amide bonds. The predicted molar refractivity (Wildman–Crippen MR) is 63.4 cm³/mol. The second-order valence-electron chi connectivity index (χ2n) is 3.22. The molecule has 5 heteroatoms. The van der Waals surface area contributed by atoms with Crippen molar-refractivity contribution in [3.05, 3.63) is 28.0 Å². The maximum absolute atomic E-state index is 11.2. The van der Waals surface area contributed by atoms with Gasteiger partial charge in [0, 0.05) is 22.4 Å². The average Bonchev–Trinajstić information content (AvgIpc) is 2.61. The van der Waals surface area contributed by atoms with E-state index in [9.17, 15) is 9.59 Å². The first kappa shape index (κ1) is 12.4. The molecule has 0 saturated carbocycles. The minimum atomic E-state index is -0.918. The molecule has 0 atom stereocenters. The van der Waals surface area contributed by atoms with E-state index in [1.165, 1.54) is 11.0 Å². The van der Waals surface area contributed by atoms with Crippen LogP contribution in [0, 0.1) is 6.92 Å². The van der Waals surface area contributed by atoms with Gasteiger partial charge in [0.05, 0.1) is 6.42 Å². The molecule has 16 heavy (non-hydrogen) atoms. The first-order valence-electron chi connectivity index (χ1n) is 4.82. The van der Waals surface area contributed by atoms with Crippen LogP contribution in [0.2, 0.25) is 0 Å². The summed E-state index contributed by atoms with van der Waals surface area (Å²) in [7, 11) is 0. The maximum atomic E-state index is 11.2. The van der Waals surface area contributed by atoms with Gasteiger partial charge in [0.2, 0.25) is 5.91 Å². The molecular formula is C11H13NO3S. The van der Waals surface area contributed by atoms with Gasteiger partial charge in [-0.3, -0.25) is 9.59 Å². The zero-order valence-corrected chi connectivity index (χ0v) is 9.71. The molecule has 0 unspecified atom stereocenters. The Hall–Kier alpha value is -1.62. The molecule has 0 aliphatic rings. The Kier molecular flexibility index (Phi) is 4.72. The zero-order valence-electron chi connectivity index (χ0n) is 8.90. The third-order valence-electron chi connectivity index (χ3n) is 1.80. The number of hydrogen-bond donors (Lipinski definition) is 2. The SMILES string of the molecule is Cc1ccc(/C=C/C(=O)NCCC(=O)O)s1. The number of carboxylic acids is 1. The summed E-state index contributed by atoms with van der Waals surface area (Å²) in [5, 5.41) is 10.9. The van der Waals surface area contributed by atoms with Gasteiger partial charge in [-0.2, -0.15) is 0 Å². The first-order valence-corrected chi connectivity index (χ1v) is 5.64. The summed E-state index contributed by atoms with van der Waals surface area (Å²) in [6.45, 7) is 2.15. The van der Waals surface area contributed by atoms with Crippen molar-refractivity contribution in [3.63, 3.8) is 0 Å². The Morgan fingerprint density at radius 2 is 2.25 bits per heavy atom. The third-order valence-corrected chi connectivity index (χ3v) is 2.76. The summed E-state index contributed by atoms with van der Waals surface area (Å²) in [6.07, 6.45) is 3.07. The number of aryl methyl sites for hydroxylation is 1. The van der Waals surface area contributed by atoms with Gasteiger partial charge in [0.1, 0.15) is 0 Å². The normalized spacial score (nSPS) is 10.6. The van der Waals surface area contributed by atoms with Crippen molar-refractivity contribution < 1.29 is 14.7 Å². The van der Waals surface area contributed by atoms with Crippen molar-refractivity contribution in [2.24, 2.45) is 0 Å². The van der Waals surface area contributed by atoms with E-state index in [1.54, 1.807) is 17.4 Å². The van der Waals surface area contributed by atoms with Crippen LogP contribution < -0.4 is 5.32 Å². The molecule has 1 heterocycles. The molecule has 4 nitrogen and oxygen atoms in total. The molecule has 0 fully saturated rings. The molecule has 0 aliphatic heterocycles. The Morgan fingerprint density at radius 3 is 2.81 bits per heavy atom. The van der Waals surface area contributed by atoms with Gasteiger partial charge in [-0.05, 0) is 25.1 Å². The lowest BCUT2D eigenvalue weighted by atomic mass is 10.3. The average molecular weight is 239 g/mol. The fourth-order valence-electron chi connectivity index (χ4n) is 1.05. The van der Waals surface area contributed by atoms with E-state index in [-0.39, 0.29) is 18.9 Å². The zero-order chi connectivity index (χ0) is 12.0. The molecule has 0 aromatic carbocycles. The van der Waals surface area contributed by atoms with Crippen LogP contribution in [-0.2, 0) is 9.59 Å². The summed E-state index contributed by atoms with van der Waals surface area (Å²) in [5.41, 5.74) is 0. The summed E-state index contributed by atoms with van der Waals surface area (Å²) < 4.78 is 0. The van der Waals surface area contributed by atoms with Gasteiger partial charge in [-0.25, -0.2) is 0 Å². The summed E-state index contributed by atoms with van der Waals surface area (Å²) >= 11 is 1.60. The second kappa shape index (κ2) is 6.07. The van der Waals surface area contributed by atoms with Crippen molar-refractivity contribution in [1.82, 2.24) is 5.32 Å². The van der Waals surface area contributed by atoms with Crippen LogP contribution in [0.15, 0.2) is 18.2 Å². The van der Waals surface area contributed by atoms with Gasteiger partial charge in [0.25, 0.3) is 0 Å². The Balaban J connectivity index is 2.34. The fraction of sp³-hybridized carbons (Fsp3) is 0.273.